The lowest BCUT2D eigenvalue weighted by Gasteiger charge is -2.39. The number of carbonyl (C=O) groups excluding carboxylic acids is 2. The van der Waals surface area contributed by atoms with Crippen molar-refractivity contribution in [3.63, 3.8) is 0 Å². The van der Waals surface area contributed by atoms with E-state index in [0.29, 0.717) is 36.9 Å². The molecule has 2 amide bonds. The Balaban J connectivity index is 1.69. The van der Waals surface area contributed by atoms with E-state index in [1.54, 1.807) is 0 Å². The molecule has 2 aromatic carbocycles. The van der Waals surface area contributed by atoms with Gasteiger partial charge in [0.15, 0.2) is 0 Å². The van der Waals surface area contributed by atoms with Crippen LogP contribution < -0.4 is 10.2 Å². The lowest BCUT2D eigenvalue weighted by atomic mass is 9.93. The van der Waals surface area contributed by atoms with Crippen LogP contribution in [0, 0.1) is 18.8 Å². The van der Waals surface area contributed by atoms with Crippen molar-refractivity contribution in [3.05, 3.63) is 64.2 Å². The number of hydrogen-bond acceptors (Lipinski definition) is 4. The van der Waals surface area contributed by atoms with E-state index >= 15 is 0 Å². The van der Waals surface area contributed by atoms with Crippen molar-refractivity contribution in [2.24, 2.45) is 11.8 Å². The highest BCUT2D eigenvalue weighted by molar-refractivity contribution is 6.30. The summed E-state index contributed by atoms with van der Waals surface area (Å²) in [5.74, 6) is 0.654. The third-order valence-corrected chi connectivity index (χ3v) is 7.45. The number of aryl methyl sites for hydroxylation is 1. The van der Waals surface area contributed by atoms with Crippen molar-refractivity contribution in [2.75, 3.05) is 51.7 Å². The maximum Gasteiger partial charge on any atom is 0.225 e. The topological polar surface area (TPSA) is 55.9 Å². The van der Waals surface area contributed by atoms with Crippen LogP contribution in [0.15, 0.2) is 42.5 Å². The lowest BCUT2D eigenvalue weighted by molar-refractivity contribution is -0.135. The van der Waals surface area contributed by atoms with E-state index in [-0.39, 0.29) is 23.8 Å². The summed E-state index contributed by atoms with van der Waals surface area (Å²) in [7, 11) is 3.97. The Morgan fingerprint density at radius 2 is 1.66 bits per heavy atom. The van der Waals surface area contributed by atoms with Crippen LogP contribution in [0.1, 0.15) is 56.3 Å². The van der Waals surface area contributed by atoms with Gasteiger partial charge in [-0.05, 0) is 69.1 Å². The SMILES string of the molecule is Cc1ccc(N2CCN(C(=O)[C@H](C)Cc3ccc(Cl)cc3)CC2)c([C@H](CC(C)C)NC(=O)CCN(C)C)c1. The van der Waals surface area contributed by atoms with Crippen molar-refractivity contribution in [2.45, 2.75) is 53.0 Å². The molecule has 0 unspecified atom stereocenters. The maximum absolute atomic E-state index is 13.2. The Morgan fingerprint density at radius 3 is 2.26 bits per heavy atom. The number of amides is 2. The minimum Gasteiger partial charge on any atom is -0.368 e. The first-order chi connectivity index (χ1) is 18.0. The molecule has 1 saturated heterocycles. The molecule has 1 N–H and O–H groups in total. The number of carbonyl (C=O) groups is 2. The van der Waals surface area contributed by atoms with Gasteiger partial charge in [-0.25, -0.2) is 0 Å². The molecule has 1 aliphatic heterocycles. The zero-order valence-corrected chi connectivity index (χ0v) is 24.7. The van der Waals surface area contributed by atoms with Gasteiger partial charge in [0.1, 0.15) is 0 Å². The number of halogens is 1. The molecule has 208 valence electrons. The zero-order chi connectivity index (χ0) is 27.8. The zero-order valence-electron chi connectivity index (χ0n) is 24.0. The summed E-state index contributed by atoms with van der Waals surface area (Å²) >= 11 is 6.01. The summed E-state index contributed by atoms with van der Waals surface area (Å²) < 4.78 is 0. The largest absolute Gasteiger partial charge is 0.368 e. The number of benzene rings is 2. The molecule has 0 bridgehead atoms. The van der Waals surface area contributed by atoms with Crippen molar-refractivity contribution in [3.8, 4) is 0 Å². The molecule has 6 nitrogen and oxygen atoms in total. The van der Waals surface area contributed by atoms with Crippen LogP contribution in [-0.2, 0) is 16.0 Å². The van der Waals surface area contributed by atoms with E-state index in [1.165, 1.54) is 11.1 Å². The predicted molar refractivity (Wildman–Crippen MR) is 158 cm³/mol. The van der Waals surface area contributed by atoms with Crippen molar-refractivity contribution in [1.82, 2.24) is 15.1 Å². The Labute approximate surface area is 234 Å². The first-order valence-corrected chi connectivity index (χ1v) is 14.2. The fraction of sp³-hybridized carbons (Fsp3) is 0.548. The highest BCUT2D eigenvalue weighted by Gasteiger charge is 2.28. The fourth-order valence-corrected chi connectivity index (χ4v) is 5.23. The molecule has 2 aromatic rings. The van der Waals surface area contributed by atoms with Crippen LogP contribution in [0.25, 0.3) is 0 Å². The molecule has 1 heterocycles. The second-order valence-electron chi connectivity index (χ2n) is 11.4. The summed E-state index contributed by atoms with van der Waals surface area (Å²) in [5, 5.41) is 4.04. The molecule has 2 atom stereocenters. The fourth-order valence-electron chi connectivity index (χ4n) is 5.11. The number of nitrogens with one attached hydrogen (secondary N) is 1. The van der Waals surface area contributed by atoms with Crippen molar-refractivity contribution >= 4 is 29.1 Å². The lowest BCUT2D eigenvalue weighted by Crippen LogP contribution is -2.50. The highest BCUT2D eigenvalue weighted by Crippen LogP contribution is 2.32. The Bertz CT molecular complexity index is 1060. The quantitative estimate of drug-likeness (QED) is 0.418. The van der Waals surface area contributed by atoms with Crippen LogP contribution >= 0.6 is 11.6 Å². The Hall–Kier alpha value is -2.57. The maximum atomic E-state index is 13.2. The number of nitrogens with zero attached hydrogens (tertiary/aromatic N) is 3. The molecule has 0 aliphatic carbocycles. The van der Waals surface area contributed by atoms with Crippen molar-refractivity contribution in [1.29, 1.82) is 0 Å². The van der Waals surface area contributed by atoms with E-state index in [4.69, 9.17) is 11.6 Å². The third kappa shape index (κ3) is 8.74. The highest BCUT2D eigenvalue weighted by atomic mass is 35.5. The van der Waals surface area contributed by atoms with E-state index in [9.17, 15) is 9.59 Å². The van der Waals surface area contributed by atoms with E-state index < -0.39 is 0 Å². The van der Waals surface area contributed by atoms with E-state index in [0.717, 1.165) is 37.3 Å². The molecule has 0 spiro atoms. The van der Waals surface area contributed by atoms with Gasteiger partial charge >= 0.3 is 0 Å². The second-order valence-corrected chi connectivity index (χ2v) is 11.8. The number of piperazine rings is 1. The van der Waals surface area contributed by atoms with Gasteiger partial charge in [-0.3, -0.25) is 9.59 Å². The minimum absolute atomic E-state index is 0.0429. The first-order valence-electron chi connectivity index (χ1n) is 13.9. The molecule has 38 heavy (non-hydrogen) atoms. The normalized spacial score (nSPS) is 15.6. The van der Waals surface area contributed by atoms with Crippen LogP contribution in [-0.4, -0.2) is 68.4 Å². The van der Waals surface area contributed by atoms with Gasteiger partial charge in [-0.1, -0.05) is 62.2 Å². The van der Waals surface area contributed by atoms with Gasteiger partial charge in [0.2, 0.25) is 11.8 Å². The molecule has 7 heteroatoms. The predicted octanol–water partition coefficient (Wildman–Crippen LogP) is 5.33. The smallest absolute Gasteiger partial charge is 0.225 e. The van der Waals surface area contributed by atoms with Gasteiger partial charge in [0, 0.05) is 55.8 Å². The summed E-state index contributed by atoms with van der Waals surface area (Å²) in [4.78, 5) is 32.4. The molecule has 0 aromatic heterocycles. The molecule has 1 fully saturated rings. The van der Waals surface area contributed by atoms with Gasteiger partial charge < -0.3 is 20.0 Å². The number of hydrogen-bond donors (Lipinski definition) is 1. The van der Waals surface area contributed by atoms with Gasteiger partial charge in [0.05, 0.1) is 6.04 Å². The summed E-state index contributed by atoms with van der Waals surface area (Å²) in [6.45, 7) is 12.2. The standard InChI is InChI=1S/C31H45ClN4O2/c1-22(2)19-28(33-30(37)13-14-34(5)6)27-20-23(3)7-12-29(27)35-15-17-36(18-16-35)31(38)24(4)21-25-8-10-26(32)11-9-25/h7-12,20,22,24,28H,13-19,21H2,1-6H3,(H,33,37)/t24-,28+/m1/s1. The molecule has 0 saturated carbocycles. The van der Waals surface area contributed by atoms with E-state index in [1.807, 2.05) is 55.1 Å². The van der Waals surface area contributed by atoms with Gasteiger partial charge in [-0.2, -0.15) is 0 Å². The van der Waals surface area contributed by atoms with Crippen molar-refractivity contribution < 1.29 is 9.59 Å². The summed E-state index contributed by atoms with van der Waals surface area (Å²) in [5.41, 5.74) is 4.65. The molecule has 1 aliphatic rings. The Morgan fingerprint density at radius 1 is 1.00 bits per heavy atom. The second kappa shape index (κ2) is 14.0. The Kier molecular flexibility index (Phi) is 11.0. The molecule has 3 rings (SSSR count). The summed E-state index contributed by atoms with van der Waals surface area (Å²) in [6, 6.07) is 14.3. The number of anilines is 1. The third-order valence-electron chi connectivity index (χ3n) is 7.20. The number of rotatable bonds is 11. The molecule has 0 radical (unpaired) electrons. The molecular weight excluding hydrogens is 496 g/mol. The van der Waals surface area contributed by atoms with Crippen LogP contribution in [0.2, 0.25) is 5.02 Å². The minimum atomic E-state index is -0.0783. The molecular formula is C31H45ClN4O2. The van der Waals surface area contributed by atoms with Gasteiger partial charge in [-0.15, -0.1) is 0 Å². The van der Waals surface area contributed by atoms with E-state index in [2.05, 4.69) is 49.2 Å². The average molecular weight is 541 g/mol. The summed E-state index contributed by atoms with van der Waals surface area (Å²) in [6.07, 6.45) is 2.07. The van der Waals surface area contributed by atoms with Crippen LogP contribution in [0.3, 0.4) is 0 Å². The van der Waals surface area contributed by atoms with Crippen LogP contribution in [0.4, 0.5) is 5.69 Å². The van der Waals surface area contributed by atoms with Gasteiger partial charge in [0.25, 0.3) is 0 Å². The average Bonchev–Trinajstić information content (AvgIpc) is 2.88. The monoisotopic (exact) mass is 540 g/mol. The van der Waals surface area contributed by atoms with Crippen LogP contribution in [0.5, 0.6) is 0 Å². The first kappa shape index (κ1) is 30.0.